The highest BCUT2D eigenvalue weighted by Crippen LogP contribution is 2.42. The second kappa shape index (κ2) is 11.1. The molecule has 0 atom stereocenters. The van der Waals surface area contributed by atoms with Crippen LogP contribution in [0.4, 0.5) is 0 Å². The summed E-state index contributed by atoms with van der Waals surface area (Å²) in [5.41, 5.74) is 6.90. The number of likely N-dealkylation sites (tertiary alicyclic amines) is 1. The van der Waals surface area contributed by atoms with Crippen molar-refractivity contribution in [2.24, 2.45) is 0 Å². The average Bonchev–Trinajstić information content (AvgIpc) is 3.49. The van der Waals surface area contributed by atoms with Crippen molar-refractivity contribution in [3.8, 4) is 17.0 Å². The van der Waals surface area contributed by atoms with Crippen LogP contribution in [-0.2, 0) is 13.0 Å². The smallest absolute Gasteiger partial charge is 0.119 e. The van der Waals surface area contributed by atoms with Crippen LogP contribution < -0.4 is 4.74 Å². The van der Waals surface area contributed by atoms with Gasteiger partial charge in [0.15, 0.2) is 0 Å². The van der Waals surface area contributed by atoms with Crippen molar-refractivity contribution in [2.45, 2.75) is 50.0 Å². The van der Waals surface area contributed by atoms with Gasteiger partial charge in [0.05, 0.1) is 12.3 Å². The lowest BCUT2D eigenvalue weighted by Gasteiger charge is -2.15. The van der Waals surface area contributed by atoms with E-state index in [2.05, 4.69) is 82.3 Å². The largest absolute Gasteiger partial charge is 0.494 e. The van der Waals surface area contributed by atoms with E-state index in [9.17, 15) is 0 Å². The van der Waals surface area contributed by atoms with Gasteiger partial charge in [-0.2, -0.15) is 0 Å². The van der Waals surface area contributed by atoms with E-state index in [0.29, 0.717) is 0 Å². The Morgan fingerprint density at radius 1 is 0.806 bits per heavy atom. The number of unbranched alkanes of at least 4 members (excludes halogenated alkanes) is 2. The third-order valence-electron chi connectivity index (χ3n) is 7.68. The van der Waals surface area contributed by atoms with Gasteiger partial charge in [0, 0.05) is 33.7 Å². The summed E-state index contributed by atoms with van der Waals surface area (Å²) in [5, 5.41) is 1.40. The van der Waals surface area contributed by atoms with Gasteiger partial charge in [0.1, 0.15) is 5.75 Å². The van der Waals surface area contributed by atoms with Crippen LogP contribution in [0.5, 0.6) is 5.75 Å². The summed E-state index contributed by atoms with van der Waals surface area (Å²) in [6, 6.07) is 26.6. The normalized spacial score (nSPS) is 15.6. The summed E-state index contributed by atoms with van der Waals surface area (Å²) < 4.78 is 8.60. The first-order valence-electron chi connectivity index (χ1n) is 13.6. The molecule has 3 aromatic carbocycles. The number of ether oxygens (including phenoxy) is 1. The van der Waals surface area contributed by atoms with Gasteiger partial charge < -0.3 is 14.2 Å². The van der Waals surface area contributed by atoms with Gasteiger partial charge in [0.2, 0.25) is 0 Å². The van der Waals surface area contributed by atoms with E-state index in [4.69, 9.17) is 4.74 Å². The molecular weight excluding hydrogens is 460 g/mol. The number of thioether (sulfide) groups is 1. The maximum Gasteiger partial charge on any atom is 0.119 e. The molecule has 1 aromatic heterocycles. The van der Waals surface area contributed by atoms with Gasteiger partial charge >= 0.3 is 0 Å². The number of hydrogen-bond donors (Lipinski definition) is 0. The van der Waals surface area contributed by atoms with Gasteiger partial charge in [-0.3, -0.25) is 0 Å². The molecule has 2 aliphatic heterocycles. The average molecular weight is 497 g/mol. The summed E-state index contributed by atoms with van der Waals surface area (Å²) in [7, 11) is 0. The summed E-state index contributed by atoms with van der Waals surface area (Å²) in [4.78, 5) is 3.99. The molecule has 4 heteroatoms. The second-order valence-electron chi connectivity index (χ2n) is 10.1. The quantitative estimate of drug-likeness (QED) is 0.222. The molecule has 0 bridgehead atoms. The Morgan fingerprint density at radius 3 is 2.50 bits per heavy atom. The number of benzene rings is 3. The lowest BCUT2D eigenvalue weighted by atomic mass is 10.0. The molecule has 6 rings (SSSR count). The number of rotatable bonds is 9. The van der Waals surface area contributed by atoms with Crippen molar-refractivity contribution in [1.29, 1.82) is 0 Å². The fourth-order valence-electron chi connectivity index (χ4n) is 5.84. The van der Waals surface area contributed by atoms with E-state index < -0.39 is 0 Å². The first-order chi connectivity index (χ1) is 17.9. The molecule has 0 aliphatic carbocycles. The fraction of sp³-hybridized carbons (Fsp3) is 0.375. The van der Waals surface area contributed by atoms with E-state index in [1.54, 1.807) is 0 Å². The van der Waals surface area contributed by atoms with Crippen molar-refractivity contribution in [1.82, 2.24) is 9.47 Å². The third kappa shape index (κ3) is 5.07. The number of para-hydroxylation sites is 1. The van der Waals surface area contributed by atoms with E-state index in [1.807, 2.05) is 11.8 Å². The molecule has 0 radical (unpaired) electrons. The molecule has 36 heavy (non-hydrogen) atoms. The Balaban J connectivity index is 1.15. The van der Waals surface area contributed by atoms with Crippen molar-refractivity contribution in [3.05, 3.63) is 83.9 Å². The lowest BCUT2D eigenvalue weighted by molar-refractivity contribution is 0.290. The number of nitrogens with zero attached hydrogens (tertiary/aromatic N) is 2. The molecule has 0 unspecified atom stereocenters. The highest BCUT2D eigenvalue weighted by molar-refractivity contribution is 7.99. The zero-order valence-electron chi connectivity index (χ0n) is 21.1. The predicted octanol–water partition coefficient (Wildman–Crippen LogP) is 7.65. The van der Waals surface area contributed by atoms with Crippen molar-refractivity contribution >= 4 is 22.7 Å². The molecule has 4 aromatic rings. The number of aryl methyl sites for hydroxylation is 1. The van der Waals surface area contributed by atoms with Crippen LogP contribution in [0.15, 0.2) is 77.7 Å². The number of fused-ring (bicyclic) bond motifs is 5. The second-order valence-corrected chi connectivity index (χ2v) is 11.3. The Morgan fingerprint density at radius 2 is 1.61 bits per heavy atom. The van der Waals surface area contributed by atoms with Gasteiger partial charge in [0.25, 0.3) is 0 Å². The molecule has 0 N–H and O–H groups in total. The minimum atomic E-state index is 0.809. The molecule has 0 amide bonds. The summed E-state index contributed by atoms with van der Waals surface area (Å²) in [6.07, 6.45) is 7.55. The third-order valence-corrected chi connectivity index (χ3v) is 8.75. The maximum atomic E-state index is 6.07. The molecule has 0 spiro atoms. The van der Waals surface area contributed by atoms with Crippen LogP contribution in [0, 0.1) is 0 Å². The standard InChI is InChI=1S/C32H36N2OS/c1(6-19-33-20-7-8-21-33)9-22-35-26-16-14-25(15-17-26)24-34-30-12-4-2-10-27(30)28-18-23-36-31-13-5-3-11-29(31)32(28)34/h2-5,10-17H,1,6-9,18-24H2. The van der Waals surface area contributed by atoms with E-state index in [0.717, 1.165) is 37.5 Å². The lowest BCUT2D eigenvalue weighted by Crippen LogP contribution is -2.20. The molecule has 186 valence electrons. The van der Waals surface area contributed by atoms with E-state index in [1.165, 1.54) is 83.5 Å². The van der Waals surface area contributed by atoms with Crippen LogP contribution in [0.25, 0.3) is 22.2 Å². The van der Waals surface area contributed by atoms with Crippen molar-refractivity contribution < 1.29 is 4.74 Å². The molecule has 1 saturated heterocycles. The molecule has 3 nitrogen and oxygen atoms in total. The Kier molecular flexibility index (Phi) is 7.34. The molecular formula is C32H36N2OS. The minimum absolute atomic E-state index is 0.809. The first kappa shape index (κ1) is 23.7. The number of hydrogen-bond acceptors (Lipinski definition) is 3. The highest BCUT2D eigenvalue weighted by atomic mass is 32.2. The van der Waals surface area contributed by atoms with Crippen LogP contribution in [0.1, 0.15) is 43.2 Å². The van der Waals surface area contributed by atoms with Crippen LogP contribution in [0.2, 0.25) is 0 Å². The van der Waals surface area contributed by atoms with E-state index >= 15 is 0 Å². The predicted molar refractivity (Wildman–Crippen MR) is 152 cm³/mol. The molecule has 1 fully saturated rings. The van der Waals surface area contributed by atoms with Gasteiger partial charge in [-0.05, 0) is 93.6 Å². The van der Waals surface area contributed by atoms with E-state index in [-0.39, 0.29) is 0 Å². The Bertz CT molecular complexity index is 1300. The summed E-state index contributed by atoms with van der Waals surface area (Å²) >= 11 is 1.98. The number of aromatic nitrogens is 1. The van der Waals surface area contributed by atoms with Gasteiger partial charge in [-0.25, -0.2) is 0 Å². The van der Waals surface area contributed by atoms with Crippen molar-refractivity contribution in [3.63, 3.8) is 0 Å². The maximum absolute atomic E-state index is 6.07. The summed E-state index contributed by atoms with van der Waals surface area (Å²) in [6.45, 7) is 5.54. The first-order valence-corrected chi connectivity index (χ1v) is 14.6. The van der Waals surface area contributed by atoms with Gasteiger partial charge in [-0.15, -0.1) is 11.8 Å². The van der Waals surface area contributed by atoms with Crippen molar-refractivity contribution in [2.75, 3.05) is 32.0 Å². The molecule has 0 saturated carbocycles. The van der Waals surface area contributed by atoms with Gasteiger partial charge in [-0.1, -0.05) is 48.5 Å². The monoisotopic (exact) mass is 496 g/mol. The molecule has 3 heterocycles. The van der Waals surface area contributed by atoms with Crippen LogP contribution in [-0.4, -0.2) is 41.5 Å². The Labute approximate surface area is 219 Å². The SMILES string of the molecule is c1ccc2c(c1)SCCc1c-2n(Cc2ccc(OCCCCCN3CCCC3)cc2)c2ccccc12. The zero-order valence-corrected chi connectivity index (χ0v) is 21.9. The highest BCUT2D eigenvalue weighted by Gasteiger charge is 2.23. The Hall–Kier alpha value is -2.69. The van der Waals surface area contributed by atoms with Crippen LogP contribution >= 0.6 is 11.8 Å². The minimum Gasteiger partial charge on any atom is -0.494 e. The fourth-order valence-corrected chi connectivity index (χ4v) is 6.86. The topological polar surface area (TPSA) is 17.4 Å². The zero-order chi connectivity index (χ0) is 24.2. The summed E-state index contributed by atoms with van der Waals surface area (Å²) in [5.74, 6) is 2.11. The van der Waals surface area contributed by atoms with Crippen LogP contribution in [0.3, 0.4) is 0 Å². The molecule has 2 aliphatic rings.